The minimum Gasteiger partial charge on any atom is -0.311 e. The average Bonchev–Trinajstić information content (AvgIpc) is 3.42. The highest BCUT2D eigenvalue weighted by Crippen LogP contribution is 2.52. The van der Waals surface area contributed by atoms with E-state index in [2.05, 4.69) is 208 Å². The van der Waals surface area contributed by atoms with E-state index in [-0.39, 0.29) is 5.41 Å². The number of rotatable bonds is 6. The summed E-state index contributed by atoms with van der Waals surface area (Å²) in [7, 11) is 0. The molecule has 0 amide bonds. The van der Waals surface area contributed by atoms with Gasteiger partial charge in [-0.05, 0) is 126 Å². The number of para-hydroxylation sites is 1. The Labute approximate surface area is 312 Å². The molecule has 0 unspecified atom stereocenters. The number of allylic oxidation sites excluding steroid dienone is 4. The number of hydrogen-bond acceptors (Lipinski definition) is 1. The van der Waals surface area contributed by atoms with E-state index in [1.807, 2.05) is 0 Å². The molecule has 53 heavy (non-hydrogen) atoms. The van der Waals surface area contributed by atoms with Gasteiger partial charge in [0.15, 0.2) is 0 Å². The summed E-state index contributed by atoms with van der Waals surface area (Å²) in [5.74, 6) is 0. The Bertz CT molecular complexity index is 2760. The van der Waals surface area contributed by atoms with Crippen LogP contribution < -0.4 is 4.90 Å². The van der Waals surface area contributed by atoms with Crippen LogP contribution in [0.1, 0.15) is 31.9 Å². The van der Waals surface area contributed by atoms with Crippen molar-refractivity contribution in [2.75, 3.05) is 4.90 Å². The summed E-state index contributed by atoms with van der Waals surface area (Å²) >= 11 is 0. The standard InChI is InChI=1S/C52H41N/c1-5-42-48-31-28-39(49-33-38-17-10-12-22-45(38)46-23-13-14-24-47(46)49)34-51(48)52(3,4)50(42)32-35(2)53(40-19-7-6-8-20-40)41-29-26-37(27-30-41)44-25-15-18-36-16-9-11-21-43(36)44/h5-34H,2H2,1,3-4H3/b42-5-,50-32+. The van der Waals surface area contributed by atoms with E-state index in [9.17, 15) is 0 Å². The van der Waals surface area contributed by atoms with E-state index in [0.29, 0.717) is 0 Å². The Balaban J connectivity index is 1.12. The van der Waals surface area contributed by atoms with Crippen molar-refractivity contribution in [1.82, 2.24) is 0 Å². The zero-order valence-electron chi connectivity index (χ0n) is 30.5. The molecule has 0 bridgehead atoms. The van der Waals surface area contributed by atoms with Gasteiger partial charge in [-0.3, -0.25) is 0 Å². The molecular formula is C52H41N. The first-order chi connectivity index (χ1) is 25.9. The first-order valence-electron chi connectivity index (χ1n) is 18.5. The highest BCUT2D eigenvalue weighted by molar-refractivity contribution is 6.14. The molecule has 1 heteroatoms. The van der Waals surface area contributed by atoms with Gasteiger partial charge in [-0.25, -0.2) is 0 Å². The second-order valence-corrected chi connectivity index (χ2v) is 14.6. The Morgan fingerprint density at radius 2 is 1.11 bits per heavy atom. The molecule has 0 saturated heterocycles. The van der Waals surface area contributed by atoms with Gasteiger partial charge in [0.05, 0.1) is 0 Å². The van der Waals surface area contributed by atoms with E-state index in [1.54, 1.807) is 0 Å². The zero-order chi connectivity index (χ0) is 36.1. The van der Waals surface area contributed by atoms with Crippen LogP contribution >= 0.6 is 0 Å². The third-order valence-corrected chi connectivity index (χ3v) is 11.2. The van der Waals surface area contributed by atoms with Crippen LogP contribution in [0.25, 0.3) is 60.1 Å². The lowest BCUT2D eigenvalue weighted by atomic mass is 9.80. The largest absolute Gasteiger partial charge is 0.311 e. The van der Waals surface area contributed by atoms with Crippen molar-refractivity contribution in [2.45, 2.75) is 26.2 Å². The summed E-state index contributed by atoms with van der Waals surface area (Å²) in [6.07, 6.45) is 4.58. The Hall–Kier alpha value is -6.44. The fraction of sp³-hybridized carbons (Fsp3) is 0.0769. The zero-order valence-corrected chi connectivity index (χ0v) is 30.5. The summed E-state index contributed by atoms with van der Waals surface area (Å²) in [5, 5.41) is 7.63. The summed E-state index contributed by atoms with van der Waals surface area (Å²) in [4.78, 5) is 2.28. The smallest absolute Gasteiger partial charge is 0.0461 e. The first kappa shape index (κ1) is 32.5. The minimum absolute atomic E-state index is 0.247. The maximum atomic E-state index is 4.74. The fourth-order valence-electron chi connectivity index (χ4n) is 8.51. The number of hydrogen-bond donors (Lipinski definition) is 0. The lowest BCUT2D eigenvalue weighted by Crippen LogP contribution is -2.19. The third kappa shape index (κ3) is 5.48. The van der Waals surface area contributed by atoms with Crippen LogP contribution in [0.15, 0.2) is 200 Å². The maximum absolute atomic E-state index is 4.74. The van der Waals surface area contributed by atoms with Gasteiger partial charge in [0.1, 0.15) is 0 Å². The van der Waals surface area contributed by atoms with Gasteiger partial charge in [0.25, 0.3) is 0 Å². The van der Waals surface area contributed by atoms with Gasteiger partial charge in [0, 0.05) is 22.5 Å². The molecule has 1 nitrogen and oxygen atoms in total. The lowest BCUT2D eigenvalue weighted by molar-refractivity contribution is 0.660. The third-order valence-electron chi connectivity index (χ3n) is 11.2. The van der Waals surface area contributed by atoms with Gasteiger partial charge < -0.3 is 4.90 Å². The molecule has 0 N–H and O–H groups in total. The number of fused-ring (bicyclic) bond motifs is 5. The van der Waals surface area contributed by atoms with Crippen molar-refractivity contribution in [3.8, 4) is 22.3 Å². The second-order valence-electron chi connectivity index (χ2n) is 14.6. The molecule has 9 rings (SSSR count). The summed E-state index contributed by atoms with van der Waals surface area (Å²) in [5.41, 5.74) is 12.9. The second kappa shape index (κ2) is 13.0. The van der Waals surface area contributed by atoms with E-state index in [1.165, 1.54) is 76.8 Å². The fourth-order valence-corrected chi connectivity index (χ4v) is 8.51. The van der Waals surface area contributed by atoms with Crippen LogP contribution in [0.2, 0.25) is 0 Å². The van der Waals surface area contributed by atoms with Crippen LogP contribution in [0.5, 0.6) is 0 Å². The molecule has 0 radical (unpaired) electrons. The molecule has 1 aliphatic rings. The highest BCUT2D eigenvalue weighted by Gasteiger charge is 2.38. The first-order valence-corrected chi connectivity index (χ1v) is 18.5. The predicted octanol–water partition coefficient (Wildman–Crippen LogP) is 14.5. The summed E-state index contributed by atoms with van der Waals surface area (Å²) in [6.45, 7) is 11.6. The van der Waals surface area contributed by atoms with Crippen LogP contribution in [0.3, 0.4) is 0 Å². The number of benzene rings is 8. The van der Waals surface area contributed by atoms with E-state index in [0.717, 1.165) is 17.1 Å². The van der Waals surface area contributed by atoms with Gasteiger partial charge in [0.2, 0.25) is 0 Å². The molecule has 0 fully saturated rings. The topological polar surface area (TPSA) is 3.24 Å². The van der Waals surface area contributed by atoms with Crippen molar-refractivity contribution in [2.24, 2.45) is 0 Å². The van der Waals surface area contributed by atoms with E-state index < -0.39 is 0 Å². The molecule has 0 heterocycles. The average molecular weight is 680 g/mol. The van der Waals surface area contributed by atoms with Crippen LogP contribution in [-0.4, -0.2) is 0 Å². The molecule has 0 spiro atoms. The van der Waals surface area contributed by atoms with Crippen LogP contribution in [0, 0.1) is 0 Å². The Morgan fingerprint density at radius 1 is 0.509 bits per heavy atom. The van der Waals surface area contributed by atoms with Crippen molar-refractivity contribution in [3.63, 3.8) is 0 Å². The van der Waals surface area contributed by atoms with E-state index >= 15 is 0 Å². The van der Waals surface area contributed by atoms with Gasteiger partial charge >= 0.3 is 0 Å². The number of nitrogens with zero attached hydrogens (tertiary/aromatic N) is 1. The molecule has 1 aliphatic carbocycles. The van der Waals surface area contributed by atoms with Crippen LogP contribution in [-0.2, 0) is 5.41 Å². The SMILES string of the molecule is C=C(/C=C1\C(=C/C)c2ccc(-c3cc4ccccc4c4ccccc34)cc2C1(C)C)N(c1ccccc1)c1ccc(-c2cccc3ccccc23)cc1. The monoisotopic (exact) mass is 679 g/mol. The predicted molar refractivity (Wildman–Crippen MR) is 229 cm³/mol. The molecule has 8 aromatic carbocycles. The van der Waals surface area contributed by atoms with E-state index in [4.69, 9.17) is 6.58 Å². The molecule has 0 saturated carbocycles. The normalized spacial score (nSPS) is 15.0. The molecule has 0 aliphatic heterocycles. The van der Waals surface area contributed by atoms with Gasteiger partial charge in [-0.15, -0.1) is 0 Å². The molecule has 0 aromatic heterocycles. The molecular weight excluding hydrogens is 639 g/mol. The molecule has 8 aromatic rings. The van der Waals surface area contributed by atoms with Crippen molar-refractivity contribution >= 4 is 49.3 Å². The molecule has 254 valence electrons. The summed E-state index contributed by atoms with van der Waals surface area (Å²) in [6, 6.07) is 61.6. The Kier molecular flexibility index (Phi) is 7.94. The molecule has 0 atom stereocenters. The van der Waals surface area contributed by atoms with Crippen molar-refractivity contribution in [1.29, 1.82) is 0 Å². The van der Waals surface area contributed by atoms with Crippen molar-refractivity contribution in [3.05, 3.63) is 211 Å². The van der Waals surface area contributed by atoms with Crippen molar-refractivity contribution < 1.29 is 0 Å². The van der Waals surface area contributed by atoms with Crippen LogP contribution in [0.4, 0.5) is 11.4 Å². The quantitative estimate of drug-likeness (QED) is 0.158. The minimum atomic E-state index is -0.247. The lowest BCUT2D eigenvalue weighted by Gasteiger charge is -2.28. The van der Waals surface area contributed by atoms with Gasteiger partial charge in [-0.1, -0.05) is 160 Å². The highest BCUT2D eigenvalue weighted by atomic mass is 15.1. The summed E-state index contributed by atoms with van der Waals surface area (Å²) < 4.78 is 0. The number of anilines is 2. The maximum Gasteiger partial charge on any atom is 0.0461 e. The Morgan fingerprint density at radius 3 is 1.87 bits per heavy atom. The van der Waals surface area contributed by atoms with Gasteiger partial charge in [-0.2, -0.15) is 0 Å².